The van der Waals surface area contributed by atoms with E-state index in [0.717, 1.165) is 26.9 Å². The molecule has 0 saturated carbocycles. The number of fused-ring (bicyclic) bond motifs is 1. The van der Waals surface area contributed by atoms with Gasteiger partial charge in [0.25, 0.3) is 5.91 Å². The highest BCUT2D eigenvalue weighted by Crippen LogP contribution is 2.43. The lowest BCUT2D eigenvalue weighted by molar-refractivity contribution is -0.127. The number of urea groups is 1. The van der Waals surface area contributed by atoms with Crippen LogP contribution in [0.3, 0.4) is 0 Å². The summed E-state index contributed by atoms with van der Waals surface area (Å²) in [5.74, 6) is -0.595. The lowest BCUT2D eigenvalue weighted by Gasteiger charge is -2.45. The zero-order valence-corrected chi connectivity index (χ0v) is 21.6. The van der Waals surface area contributed by atoms with E-state index in [1.165, 1.54) is 11.3 Å². The van der Waals surface area contributed by atoms with Crippen molar-refractivity contribution in [2.24, 2.45) is 0 Å². The first-order valence-corrected chi connectivity index (χ1v) is 12.0. The molecule has 2 N–H and O–H groups in total. The molecule has 1 saturated heterocycles. The molecule has 2 heterocycles. The molecule has 0 aliphatic carbocycles. The largest absolute Gasteiger partial charge is 0.369 e. The first-order chi connectivity index (χ1) is 16.0. The summed E-state index contributed by atoms with van der Waals surface area (Å²) in [6.45, 7) is 8.33. The van der Waals surface area contributed by atoms with Crippen LogP contribution >= 0.6 is 15.9 Å². The fourth-order valence-electron chi connectivity index (χ4n) is 4.64. The predicted molar refractivity (Wildman–Crippen MR) is 138 cm³/mol. The number of aryl methyl sites for hydroxylation is 1. The van der Waals surface area contributed by atoms with Crippen molar-refractivity contribution in [1.29, 1.82) is 0 Å². The van der Waals surface area contributed by atoms with Crippen molar-refractivity contribution in [3.05, 3.63) is 63.3 Å². The molecule has 4 amide bonds. The number of amides is 4. The third-order valence-electron chi connectivity index (χ3n) is 6.71. The van der Waals surface area contributed by atoms with Crippen molar-refractivity contribution in [2.45, 2.75) is 45.6 Å². The number of nitrogens with zero attached hydrogens (tertiary/aromatic N) is 2. The van der Waals surface area contributed by atoms with Crippen molar-refractivity contribution in [2.75, 3.05) is 23.8 Å². The smallest absolute Gasteiger partial charge is 0.329 e. The minimum atomic E-state index is -0.604. The molecular formula is C26H29BrN4O3. The number of imide groups is 1. The normalized spacial score (nSPS) is 20.4. The van der Waals surface area contributed by atoms with Crippen LogP contribution in [0.4, 0.5) is 16.2 Å². The standard InChI is InChI=1S/C26H29BrN4O3/c1-15-10-22-20(16(2)13-26(3,4)30(22)5)11-17(15)12-21-24(33)31(25(34)29-21)14-23(32)28-19-8-6-18(27)7-9-19/h6-12,16H,13-14H2,1-5H3,(H,28,32)(H,29,34)/b21-12+. The molecule has 8 heteroatoms. The molecule has 0 bridgehead atoms. The van der Waals surface area contributed by atoms with Crippen LogP contribution in [-0.4, -0.2) is 41.9 Å². The average Bonchev–Trinajstić information content (AvgIpc) is 3.02. The average molecular weight is 525 g/mol. The van der Waals surface area contributed by atoms with Crippen molar-refractivity contribution >= 4 is 51.2 Å². The molecular weight excluding hydrogens is 496 g/mol. The summed E-state index contributed by atoms with van der Waals surface area (Å²) in [6, 6.07) is 10.7. The zero-order valence-electron chi connectivity index (χ0n) is 20.0. The Labute approximate surface area is 208 Å². The van der Waals surface area contributed by atoms with E-state index in [0.29, 0.717) is 11.6 Å². The molecule has 0 aromatic heterocycles. The van der Waals surface area contributed by atoms with Gasteiger partial charge in [-0.3, -0.25) is 9.59 Å². The maximum Gasteiger partial charge on any atom is 0.329 e. The molecule has 2 aliphatic rings. The summed E-state index contributed by atoms with van der Waals surface area (Å²) in [5, 5.41) is 5.32. The van der Waals surface area contributed by atoms with E-state index in [1.54, 1.807) is 30.3 Å². The Kier molecular flexibility index (Phi) is 6.29. The van der Waals surface area contributed by atoms with Gasteiger partial charge in [0, 0.05) is 28.4 Å². The third-order valence-corrected chi connectivity index (χ3v) is 7.24. The number of anilines is 2. The van der Waals surface area contributed by atoms with Gasteiger partial charge in [-0.15, -0.1) is 0 Å². The Hall–Kier alpha value is -3.13. The van der Waals surface area contributed by atoms with Gasteiger partial charge in [0.2, 0.25) is 5.91 Å². The third kappa shape index (κ3) is 4.59. The maximum absolute atomic E-state index is 12.9. The molecule has 0 radical (unpaired) electrons. The number of nitrogens with one attached hydrogen (secondary N) is 2. The van der Waals surface area contributed by atoms with Gasteiger partial charge in [-0.1, -0.05) is 22.9 Å². The maximum atomic E-state index is 12.9. The van der Waals surface area contributed by atoms with Crippen molar-refractivity contribution in [1.82, 2.24) is 10.2 Å². The van der Waals surface area contributed by atoms with Gasteiger partial charge in [0.05, 0.1) is 0 Å². The molecule has 7 nitrogen and oxygen atoms in total. The number of halogens is 1. The minimum Gasteiger partial charge on any atom is -0.369 e. The molecule has 2 aromatic carbocycles. The molecule has 0 spiro atoms. The molecule has 2 aliphatic heterocycles. The van der Waals surface area contributed by atoms with Crippen LogP contribution in [0.1, 0.15) is 49.8 Å². The van der Waals surface area contributed by atoms with E-state index in [1.807, 2.05) is 6.92 Å². The van der Waals surface area contributed by atoms with E-state index in [4.69, 9.17) is 0 Å². The summed E-state index contributed by atoms with van der Waals surface area (Å²) in [6.07, 6.45) is 2.72. The number of hydrogen-bond acceptors (Lipinski definition) is 4. The van der Waals surface area contributed by atoms with E-state index in [9.17, 15) is 14.4 Å². The minimum absolute atomic E-state index is 0.0611. The predicted octanol–water partition coefficient (Wildman–Crippen LogP) is 5.01. The Balaban J connectivity index is 1.54. The topological polar surface area (TPSA) is 81.8 Å². The molecule has 1 atom stereocenters. The Morgan fingerprint density at radius 1 is 1.24 bits per heavy atom. The first-order valence-electron chi connectivity index (χ1n) is 11.2. The highest BCUT2D eigenvalue weighted by molar-refractivity contribution is 9.10. The quantitative estimate of drug-likeness (QED) is 0.435. The van der Waals surface area contributed by atoms with Crippen molar-refractivity contribution in [3.8, 4) is 0 Å². The Morgan fingerprint density at radius 3 is 2.59 bits per heavy atom. The second-order valence-electron chi connectivity index (χ2n) is 9.68. The van der Waals surface area contributed by atoms with E-state index >= 15 is 0 Å². The fourth-order valence-corrected chi connectivity index (χ4v) is 4.90. The van der Waals surface area contributed by atoms with Gasteiger partial charge in [0.1, 0.15) is 12.2 Å². The van der Waals surface area contributed by atoms with Crippen LogP contribution in [0.25, 0.3) is 6.08 Å². The molecule has 2 aromatic rings. The summed E-state index contributed by atoms with van der Waals surface area (Å²) in [7, 11) is 2.11. The Bertz CT molecular complexity index is 1200. The molecule has 1 fully saturated rings. The number of carbonyl (C=O) groups is 3. The highest BCUT2D eigenvalue weighted by Gasteiger charge is 2.36. The monoisotopic (exact) mass is 524 g/mol. The second-order valence-corrected chi connectivity index (χ2v) is 10.6. The van der Waals surface area contributed by atoms with Crippen LogP contribution in [0.5, 0.6) is 0 Å². The zero-order chi connectivity index (χ0) is 24.8. The summed E-state index contributed by atoms with van der Waals surface area (Å²) in [4.78, 5) is 41.0. The van der Waals surface area contributed by atoms with Gasteiger partial charge in [0.15, 0.2) is 0 Å². The summed E-state index contributed by atoms with van der Waals surface area (Å²) < 4.78 is 0.886. The number of hydrogen-bond donors (Lipinski definition) is 2. The lowest BCUT2D eigenvalue weighted by Crippen LogP contribution is -2.45. The molecule has 1 unspecified atom stereocenters. The Morgan fingerprint density at radius 2 is 1.91 bits per heavy atom. The van der Waals surface area contributed by atoms with E-state index < -0.39 is 17.8 Å². The van der Waals surface area contributed by atoms with Gasteiger partial charge >= 0.3 is 6.03 Å². The number of rotatable bonds is 4. The molecule has 178 valence electrons. The SMILES string of the molecule is Cc1cc2c(cc1/C=C1/NC(=O)N(CC(=O)Nc3ccc(Br)cc3)C1=O)C(C)CC(C)(C)N2C. The van der Waals surface area contributed by atoms with E-state index in [-0.39, 0.29) is 17.8 Å². The van der Waals surface area contributed by atoms with Crippen LogP contribution in [0.2, 0.25) is 0 Å². The molecule has 4 rings (SSSR count). The highest BCUT2D eigenvalue weighted by atomic mass is 79.9. The van der Waals surface area contributed by atoms with Crippen LogP contribution < -0.4 is 15.5 Å². The van der Waals surface area contributed by atoms with Crippen molar-refractivity contribution < 1.29 is 14.4 Å². The van der Waals surface area contributed by atoms with Crippen LogP contribution in [0.15, 0.2) is 46.6 Å². The van der Waals surface area contributed by atoms with E-state index in [2.05, 4.69) is 71.4 Å². The van der Waals surface area contributed by atoms with Gasteiger partial charge in [-0.25, -0.2) is 9.69 Å². The second kappa shape index (κ2) is 8.91. The lowest BCUT2D eigenvalue weighted by atomic mass is 9.79. The van der Waals surface area contributed by atoms with Crippen molar-refractivity contribution in [3.63, 3.8) is 0 Å². The van der Waals surface area contributed by atoms with Gasteiger partial charge in [-0.05, 0) is 92.3 Å². The number of benzene rings is 2. The number of carbonyl (C=O) groups excluding carboxylic acids is 3. The fraction of sp³-hybridized carbons (Fsp3) is 0.346. The summed E-state index contributed by atoms with van der Waals surface area (Å²) in [5.41, 5.74) is 5.12. The van der Waals surface area contributed by atoms with Crippen LogP contribution in [0, 0.1) is 6.92 Å². The van der Waals surface area contributed by atoms with Gasteiger partial charge in [-0.2, -0.15) is 0 Å². The van der Waals surface area contributed by atoms with Crippen LogP contribution in [-0.2, 0) is 9.59 Å². The first kappa shape index (κ1) is 24.0. The van der Waals surface area contributed by atoms with Gasteiger partial charge < -0.3 is 15.5 Å². The summed E-state index contributed by atoms with van der Waals surface area (Å²) >= 11 is 3.34. The molecule has 34 heavy (non-hydrogen) atoms.